The molecule has 1 aliphatic carbocycles. The van der Waals surface area contributed by atoms with Gasteiger partial charge in [0, 0.05) is 23.8 Å². The third-order valence-electron chi connectivity index (χ3n) is 6.78. The van der Waals surface area contributed by atoms with E-state index in [2.05, 4.69) is 24.5 Å². The average molecular weight is 512 g/mol. The van der Waals surface area contributed by atoms with Gasteiger partial charge in [-0.05, 0) is 77.4 Å². The van der Waals surface area contributed by atoms with Crippen molar-refractivity contribution >= 4 is 35.5 Å². The molecule has 2 atom stereocenters. The Morgan fingerprint density at radius 2 is 1.74 bits per heavy atom. The third kappa shape index (κ3) is 8.58. The van der Waals surface area contributed by atoms with Crippen LogP contribution in [0.5, 0.6) is 0 Å². The van der Waals surface area contributed by atoms with Crippen molar-refractivity contribution in [3.63, 3.8) is 0 Å². The molecular formula is C25H45N5O4S. The molecule has 2 aliphatic rings. The largest absolute Gasteiger partial charge is 0.447 e. The lowest BCUT2D eigenvalue weighted by Crippen LogP contribution is -2.60. The van der Waals surface area contributed by atoms with E-state index in [1.165, 1.54) is 0 Å². The highest BCUT2D eigenvalue weighted by Crippen LogP contribution is 2.34. The Bertz CT molecular complexity index is 765. The predicted octanol–water partition coefficient (Wildman–Crippen LogP) is 3.26. The number of alkyl carbamates (subject to hydrolysis) is 1. The number of ether oxygens (including phenoxy) is 1. The van der Waals surface area contributed by atoms with Gasteiger partial charge in [-0.3, -0.25) is 15.0 Å². The fourth-order valence-electron chi connectivity index (χ4n) is 5.08. The smallest absolute Gasteiger partial charge is 0.408 e. The zero-order chi connectivity index (χ0) is 26.3. The summed E-state index contributed by atoms with van der Waals surface area (Å²) in [5.41, 5.74) is 5.64. The molecular weight excluding hydrogens is 466 g/mol. The molecule has 0 aromatic rings. The molecule has 0 spiro atoms. The first-order valence-corrected chi connectivity index (χ1v) is 13.8. The molecule has 0 bridgehead atoms. The van der Waals surface area contributed by atoms with Gasteiger partial charge in [-0.15, -0.1) is 0 Å². The van der Waals surface area contributed by atoms with Crippen molar-refractivity contribution in [2.24, 2.45) is 17.6 Å². The van der Waals surface area contributed by atoms with Crippen LogP contribution in [0.3, 0.4) is 0 Å². The minimum Gasteiger partial charge on any atom is -0.447 e. The molecule has 5 N–H and O–H groups in total. The summed E-state index contributed by atoms with van der Waals surface area (Å²) in [5.74, 6) is 0.392. The van der Waals surface area contributed by atoms with E-state index in [1.807, 2.05) is 13.8 Å². The molecule has 1 saturated heterocycles. The van der Waals surface area contributed by atoms with E-state index in [0.29, 0.717) is 25.4 Å². The molecule has 35 heavy (non-hydrogen) atoms. The summed E-state index contributed by atoms with van der Waals surface area (Å²) in [6.07, 6.45) is 4.05. The van der Waals surface area contributed by atoms with Crippen molar-refractivity contribution in [2.75, 3.05) is 13.1 Å². The summed E-state index contributed by atoms with van der Waals surface area (Å²) >= 11 is 1.61. The lowest BCUT2D eigenvalue weighted by Gasteiger charge is -2.38. The van der Waals surface area contributed by atoms with Crippen LogP contribution >= 0.6 is 11.8 Å². The molecule has 3 amide bonds. The number of nitrogens with one attached hydrogen (secondary N) is 3. The maximum absolute atomic E-state index is 13.7. The molecule has 1 saturated carbocycles. The Kier molecular flexibility index (Phi) is 10.7. The van der Waals surface area contributed by atoms with Crippen molar-refractivity contribution in [3.05, 3.63) is 0 Å². The topological polar surface area (TPSA) is 138 Å². The van der Waals surface area contributed by atoms with Crippen LogP contribution in [0, 0.1) is 17.2 Å². The van der Waals surface area contributed by atoms with E-state index in [0.717, 1.165) is 32.1 Å². The third-order valence-corrected chi connectivity index (χ3v) is 8.09. The van der Waals surface area contributed by atoms with Gasteiger partial charge in [0.2, 0.25) is 11.8 Å². The van der Waals surface area contributed by atoms with E-state index in [1.54, 1.807) is 30.5 Å². The Hall–Kier alpha value is -1.97. The second kappa shape index (κ2) is 12.8. The molecule has 0 radical (unpaired) electrons. The number of amides is 3. The van der Waals surface area contributed by atoms with Crippen molar-refractivity contribution in [1.82, 2.24) is 15.5 Å². The molecule has 200 valence electrons. The van der Waals surface area contributed by atoms with Gasteiger partial charge in [-0.1, -0.05) is 13.8 Å². The van der Waals surface area contributed by atoms with Gasteiger partial charge in [-0.25, -0.2) is 4.79 Å². The van der Waals surface area contributed by atoms with E-state index in [-0.39, 0.29) is 34.9 Å². The summed E-state index contributed by atoms with van der Waals surface area (Å²) in [5, 5.41) is 13.7. The first kappa shape index (κ1) is 29.3. The number of carbonyl (C=O) groups excluding carboxylic acids is 3. The molecule has 2 fully saturated rings. The molecule has 1 heterocycles. The number of amidine groups is 1. The Morgan fingerprint density at radius 1 is 1.11 bits per heavy atom. The number of likely N-dealkylation sites (tertiary alicyclic amines) is 1. The van der Waals surface area contributed by atoms with Gasteiger partial charge < -0.3 is 26.0 Å². The van der Waals surface area contributed by atoms with Crippen molar-refractivity contribution in [3.8, 4) is 0 Å². The maximum atomic E-state index is 13.7. The Balaban J connectivity index is 2.06. The van der Waals surface area contributed by atoms with Crippen molar-refractivity contribution in [2.45, 2.75) is 108 Å². The molecule has 2 rings (SSSR count). The fraction of sp³-hybridized carbons (Fsp3) is 0.840. The number of rotatable bonds is 10. The summed E-state index contributed by atoms with van der Waals surface area (Å²) in [7, 11) is 0. The normalized spacial score (nSPS) is 23.8. The SMILES string of the molecule is CC(C)OC(=O)N[C@@H](C(=O)N1CCC[C@H]1C(=O)NCC1CCC(C(=N)N)CC1)C(C)(C)SC(C)C. The van der Waals surface area contributed by atoms with E-state index < -0.39 is 22.9 Å². The number of hydrogen-bond acceptors (Lipinski definition) is 6. The highest BCUT2D eigenvalue weighted by atomic mass is 32.2. The average Bonchev–Trinajstić information content (AvgIpc) is 3.24. The van der Waals surface area contributed by atoms with Crippen LogP contribution in [0.25, 0.3) is 0 Å². The summed E-state index contributed by atoms with van der Waals surface area (Å²) in [6.45, 7) is 12.6. The van der Waals surface area contributed by atoms with Gasteiger partial charge in [-0.2, -0.15) is 11.8 Å². The molecule has 9 nitrogen and oxygen atoms in total. The minimum absolute atomic E-state index is 0.137. The Morgan fingerprint density at radius 3 is 2.29 bits per heavy atom. The quantitative estimate of drug-likeness (QED) is 0.262. The number of hydrogen-bond donors (Lipinski definition) is 4. The van der Waals surface area contributed by atoms with E-state index in [4.69, 9.17) is 15.9 Å². The number of thioether (sulfide) groups is 1. The molecule has 0 aromatic heterocycles. The second-order valence-corrected chi connectivity index (χ2v) is 13.1. The predicted molar refractivity (Wildman–Crippen MR) is 140 cm³/mol. The Labute approximate surface area is 214 Å². The lowest BCUT2D eigenvalue weighted by molar-refractivity contribution is -0.140. The second-order valence-electron chi connectivity index (χ2n) is 10.9. The first-order chi connectivity index (χ1) is 16.3. The first-order valence-electron chi connectivity index (χ1n) is 12.9. The molecule has 0 aromatic carbocycles. The lowest BCUT2D eigenvalue weighted by atomic mass is 9.81. The van der Waals surface area contributed by atoms with Crippen LogP contribution in [-0.4, -0.2) is 69.9 Å². The highest BCUT2D eigenvalue weighted by molar-refractivity contribution is 8.01. The summed E-state index contributed by atoms with van der Waals surface area (Å²) in [4.78, 5) is 41.0. The van der Waals surface area contributed by atoms with Gasteiger partial charge in [0.25, 0.3) is 0 Å². The number of nitrogens with two attached hydrogens (primary N) is 1. The molecule has 1 aliphatic heterocycles. The van der Waals surface area contributed by atoms with Crippen LogP contribution < -0.4 is 16.4 Å². The summed E-state index contributed by atoms with van der Waals surface area (Å²) in [6, 6.07) is -1.36. The number of nitrogens with zero attached hydrogens (tertiary/aromatic N) is 1. The van der Waals surface area contributed by atoms with Crippen LogP contribution in [-0.2, 0) is 14.3 Å². The standard InChI is InChI=1S/C25H45N5O4S/c1-15(2)34-24(33)29-20(25(5,6)35-16(3)4)23(32)30-13-7-8-19(30)22(31)28-14-17-9-11-18(12-10-17)21(26)27/h15-20H,7-14H2,1-6H3,(H3,26,27)(H,28,31)(H,29,33)/t17?,18?,19-,20-/m0/s1. The maximum Gasteiger partial charge on any atom is 0.408 e. The summed E-state index contributed by atoms with van der Waals surface area (Å²) < 4.78 is 4.67. The van der Waals surface area contributed by atoms with Crippen molar-refractivity contribution in [1.29, 1.82) is 5.41 Å². The zero-order valence-corrected chi connectivity index (χ0v) is 23.0. The zero-order valence-electron chi connectivity index (χ0n) is 22.2. The number of carbonyl (C=O) groups is 3. The monoisotopic (exact) mass is 511 g/mol. The van der Waals surface area contributed by atoms with Crippen LogP contribution in [0.1, 0.15) is 80.1 Å². The molecule has 10 heteroatoms. The minimum atomic E-state index is -0.823. The van der Waals surface area contributed by atoms with Gasteiger partial charge in [0.05, 0.1) is 11.9 Å². The fourth-order valence-corrected chi connectivity index (χ4v) is 6.59. The van der Waals surface area contributed by atoms with E-state index >= 15 is 0 Å². The molecule has 0 unspecified atom stereocenters. The van der Waals surface area contributed by atoms with Gasteiger partial charge in [0.1, 0.15) is 12.1 Å². The highest BCUT2D eigenvalue weighted by Gasteiger charge is 2.44. The van der Waals surface area contributed by atoms with Crippen LogP contribution in [0.4, 0.5) is 4.79 Å². The van der Waals surface area contributed by atoms with Gasteiger partial charge >= 0.3 is 6.09 Å². The van der Waals surface area contributed by atoms with Gasteiger partial charge in [0.15, 0.2) is 0 Å². The van der Waals surface area contributed by atoms with Crippen molar-refractivity contribution < 1.29 is 19.1 Å². The van der Waals surface area contributed by atoms with E-state index in [9.17, 15) is 14.4 Å². The van der Waals surface area contributed by atoms with Crippen LogP contribution in [0.2, 0.25) is 0 Å². The van der Waals surface area contributed by atoms with Crippen LogP contribution in [0.15, 0.2) is 0 Å².